The minimum atomic E-state index is -0.128. The SMILES string of the molecule is CC(N)CCCC(C)C(=O)Nc1c(Cl)cc(Cl)cc1Cl. The molecule has 3 N–H and O–H groups in total. The highest BCUT2D eigenvalue weighted by atomic mass is 35.5. The molecular formula is C14H19Cl3N2O. The van der Waals surface area contributed by atoms with Gasteiger partial charge in [-0.15, -0.1) is 0 Å². The second-order valence-corrected chi connectivity index (χ2v) is 6.29. The van der Waals surface area contributed by atoms with E-state index in [-0.39, 0.29) is 17.9 Å². The van der Waals surface area contributed by atoms with Crippen LogP contribution < -0.4 is 11.1 Å². The van der Waals surface area contributed by atoms with Crippen LogP contribution in [0, 0.1) is 5.92 Å². The van der Waals surface area contributed by atoms with Crippen LogP contribution in [0.5, 0.6) is 0 Å². The molecule has 0 aliphatic rings. The van der Waals surface area contributed by atoms with Crippen LogP contribution in [0.25, 0.3) is 0 Å². The van der Waals surface area contributed by atoms with Gasteiger partial charge in [0.05, 0.1) is 15.7 Å². The molecule has 6 heteroatoms. The van der Waals surface area contributed by atoms with Crippen LogP contribution in [-0.4, -0.2) is 11.9 Å². The van der Waals surface area contributed by atoms with E-state index in [4.69, 9.17) is 40.5 Å². The highest BCUT2D eigenvalue weighted by molar-refractivity contribution is 6.42. The predicted octanol–water partition coefficient (Wildman–Crippen LogP) is 4.74. The molecule has 20 heavy (non-hydrogen) atoms. The standard InChI is InChI=1S/C14H19Cl3N2O/c1-8(4-3-5-9(2)18)14(20)19-13-11(16)6-10(15)7-12(13)17/h6-9H,3-5,18H2,1-2H3,(H,19,20). The van der Waals surface area contributed by atoms with Crippen molar-refractivity contribution in [3.63, 3.8) is 0 Å². The molecule has 1 aromatic carbocycles. The van der Waals surface area contributed by atoms with Gasteiger partial charge in [0.1, 0.15) is 0 Å². The summed E-state index contributed by atoms with van der Waals surface area (Å²) in [6, 6.07) is 3.25. The molecule has 0 aromatic heterocycles. The molecule has 0 fully saturated rings. The summed E-state index contributed by atoms with van der Waals surface area (Å²) in [6.45, 7) is 3.83. The van der Waals surface area contributed by atoms with Crippen LogP contribution in [-0.2, 0) is 4.79 Å². The van der Waals surface area contributed by atoms with Gasteiger partial charge in [0.25, 0.3) is 0 Å². The molecule has 0 spiro atoms. The molecule has 1 aromatic rings. The summed E-state index contributed by atoms with van der Waals surface area (Å²) in [6.07, 6.45) is 2.59. The van der Waals surface area contributed by atoms with Gasteiger partial charge in [0.2, 0.25) is 5.91 Å². The molecule has 0 heterocycles. The molecule has 1 rings (SSSR count). The first-order valence-electron chi connectivity index (χ1n) is 6.52. The van der Waals surface area contributed by atoms with Crippen LogP contribution >= 0.6 is 34.8 Å². The van der Waals surface area contributed by atoms with E-state index in [1.165, 1.54) is 0 Å². The molecular weight excluding hydrogens is 319 g/mol. The summed E-state index contributed by atoms with van der Waals surface area (Å²) in [5, 5.41) is 3.85. The summed E-state index contributed by atoms with van der Waals surface area (Å²) in [5.74, 6) is -0.239. The molecule has 2 atom stereocenters. The maximum absolute atomic E-state index is 12.1. The summed E-state index contributed by atoms with van der Waals surface area (Å²) in [5.41, 5.74) is 6.09. The number of rotatable bonds is 6. The number of carbonyl (C=O) groups is 1. The number of hydrogen-bond donors (Lipinski definition) is 2. The van der Waals surface area contributed by atoms with Crippen molar-refractivity contribution in [2.75, 3.05) is 5.32 Å². The lowest BCUT2D eigenvalue weighted by molar-refractivity contribution is -0.119. The van der Waals surface area contributed by atoms with Crippen LogP contribution in [0.4, 0.5) is 5.69 Å². The third-order valence-electron chi connectivity index (χ3n) is 3.00. The van der Waals surface area contributed by atoms with Gasteiger partial charge in [-0.1, -0.05) is 48.1 Å². The van der Waals surface area contributed by atoms with Crippen molar-refractivity contribution in [1.29, 1.82) is 0 Å². The first kappa shape index (κ1) is 17.6. The fraction of sp³-hybridized carbons (Fsp3) is 0.500. The van der Waals surface area contributed by atoms with Crippen LogP contribution in [0.2, 0.25) is 15.1 Å². The molecule has 3 nitrogen and oxygen atoms in total. The molecule has 0 aliphatic carbocycles. The Morgan fingerprint density at radius 2 is 1.75 bits per heavy atom. The second-order valence-electron chi connectivity index (χ2n) is 5.04. The monoisotopic (exact) mass is 336 g/mol. The lowest BCUT2D eigenvalue weighted by atomic mass is 10.0. The maximum atomic E-state index is 12.1. The zero-order valence-electron chi connectivity index (χ0n) is 11.6. The van der Waals surface area contributed by atoms with E-state index >= 15 is 0 Å². The smallest absolute Gasteiger partial charge is 0.227 e. The van der Waals surface area contributed by atoms with E-state index in [9.17, 15) is 4.79 Å². The minimum Gasteiger partial charge on any atom is -0.328 e. The maximum Gasteiger partial charge on any atom is 0.227 e. The van der Waals surface area contributed by atoms with Crippen molar-refractivity contribution >= 4 is 46.4 Å². The van der Waals surface area contributed by atoms with Crippen molar-refractivity contribution in [3.8, 4) is 0 Å². The summed E-state index contributed by atoms with van der Waals surface area (Å²) in [4.78, 5) is 12.1. The topological polar surface area (TPSA) is 55.1 Å². The zero-order chi connectivity index (χ0) is 15.3. The highest BCUT2D eigenvalue weighted by Crippen LogP contribution is 2.34. The number of amides is 1. The average Bonchev–Trinajstić information content (AvgIpc) is 2.32. The van der Waals surface area contributed by atoms with Crippen molar-refractivity contribution < 1.29 is 4.79 Å². The third-order valence-corrected chi connectivity index (χ3v) is 3.81. The van der Waals surface area contributed by atoms with Crippen LogP contribution in [0.1, 0.15) is 33.1 Å². The van der Waals surface area contributed by atoms with Gasteiger partial charge in [-0.2, -0.15) is 0 Å². The van der Waals surface area contributed by atoms with Gasteiger partial charge in [0.15, 0.2) is 0 Å². The van der Waals surface area contributed by atoms with Gasteiger partial charge < -0.3 is 11.1 Å². The molecule has 0 saturated heterocycles. The number of hydrogen-bond acceptors (Lipinski definition) is 2. The van der Waals surface area contributed by atoms with Crippen LogP contribution in [0.3, 0.4) is 0 Å². The summed E-state index contributed by atoms with van der Waals surface area (Å²) in [7, 11) is 0. The van der Waals surface area contributed by atoms with E-state index in [1.54, 1.807) is 12.1 Å². The first-order valence-corrected chi connectivity index (χ1v) is 7.65. The van der Waals surface area contributed by atoms with Crippen molar-refractivity contribution in [1.82, 2.24) is 0 Å². The Kier molecular flexibility index (Phi) is 7.10. The average molecular weight is 338 g/mol. The number of benzene rings is 1. The van der Waals surface area contributed by atoms with E-state index in [2.05, 4.69) is 5.32 Å². The number of nitrogens with two attached hydrogens (primary N) is 1. The number of carbonyl (C=O) groups excluding carboxylic acids is 1. The van der Waals surface area contributed by atoms with E-state index < -0.39 is 0 Å². The van der Waals surface area contributed by atoms with Crippen molar-refractivity contribution in [3.05, 3.63) is 27.2 Å². The van der Waals surface area contributed by atoms with Crippen molar-refractivity contribution in [2.24, 2.45) is 11.7 Å². The normalized spacial score (nSPS) is 13.9. The quantitative estimate of drug-likeness (QED) is 0.787. The molecule has 2 unspecified atom stereocenters. The van der Waals surface area contributed by atoms with Gasteiger partial charge in [-0.3, -0.25) is 4.79 Å². The molecule has 0 saturated carbocycles. The Bertz CT molecular complexity index is 454. The van der Waals surface area contributed by atoms with Gasteiger partial charge in [-0.05, 0) is 31.9 Å². The molecule has 1 amide bonds. The Morgan fingerprint density at radius 1 is 1.20 bits per heavy atom. The molecule has 112 valence electrons. The van der Waals surface area contributed by atoms with Gasteiger partial charge in [0, 0.05) is 17.0 Å². The van der Waals surface area contributed by atoms with Gasteiger partial charge >= 0.3 is 0 Å². The van der Waals surface area contributed by atoms with E-state index in [0.717, 1.165) is 19.3 Å². The molecule has 0 radical (unpaired) electrons. The highest BCUT2D eigenvalue weighted by Gasteiger charge is 2.16. The first-order chi connectivity index (χ1) is 9.31. The number of anilines is 1. The van der Waals surface area contributed by atoms with Gasteiger partial charge in [-0.25, -0.2) is 0 Å². The lowest BCUT2D eigenvalue weighted by Gasteiger charge is -2.15. The molecule has 0 aliphatic heterocycles. The number of nitrogens with one attached hydrogen (secondary N) is 1. The number of halogens is 3. The fourth-order valence-electron chi connectivity index (χ4n) is 1.79. The summed E-state index contributed by atoms with van der Waals surface area (Å²) < 4.78 is 0. The zero-order valence-corrected chi connectivity index (χ0v) is 13.8. The third kappa shape index (κ3) is 5.49. The predicted molar refractivity (Wildman–Crippen MR) is 86.8 cm³/mol. The lowest BCUT2D eigenvalue weighted by Crippen LogP contribution is -2.22. The van der Waals surface area contributed by atoms with Crippen LogP contribution in [0.15, 0.2) is 12.1 Å². The Labute approximate surface area is 134 Å². The Hall–Kier alpha value is -0.480. The van der Waals surface area contributed by atoms with E-state index in [1.807, 2.05) is 13.8 Å². The Morgan fingerprint density at radius 3 is 2.25 bits per heavy atom. The van der Waals surface area contributed by atoms with Crippen molar-refractivity contribution in [2.45, 2.75) is 39.2 Å². The second kappa shape index (κ2) is 8.08. The van der Waals surface area contributed by atoms with E-state index in [0.29, 0.717) is 20.8 Å². The largest absolute Gasteiger partial charge is 0.328 e. The fourth-order valence-corrected chi connectivity index (χ4v) is 2.70. The summed E-state index contributed by atoms with van der Waals surface area (Å²) >= 11 is 17.9. The molecule has 0 bridgehead atoms. The minimum absolute atomic E-state index is 0.110. The Balaban J connectivity index is 2.62.